The number of benzene rings is 2. The van der Waals surface area contributed by atoms with Crippen LogP contribution < -0.4 is 9.47 Å². The maximum atomic E-state index is 6.00. The van der Waals surface area contributed by atoms with Gasteiger partial charge in [0.05, 0.1) is 0 Å². The zero-order valence-electron chi connectivity index (χ0n) is 16.3. The highest BCUT2D eigenvalue weighted by Gasteiger charge is 2.49. The third kappa shape index (κ3) is 7.32. The molecule has 6 nitrogen and oxygen atoms in total. The zero-order chi connectivity index (χ0) is 19.5. The fraction of sp³-hybridized carbons (Fsp3) is 0.400. The van der Waals surface area contributed by atoms with Gasteiger partial charge in [0.15, 0.2) is 12.6 Å². The summed E-state index contributed by atoms with van der Waals surface area (Å²) in [6.45, 7) is 8.03. The molecule has 0 amide bonds. The second-order valence-corrected chi connectivity index (χ2v) is 7.65. The van der Waals surface area contributed by atoms with Gasteiger partial charge in [0, 0.05) is 13.2 Å². The summed E-state index contributed by atoms with van der Waals surface area (Å²) in [6.07, 6.45) is -1.25. The molecule has 0 aliphatic carbocycles. The molecule has 2 aromatic carbocycles. The van der Waals surface area contributed by atoms with Crippen molar-refractivity contribution in [1.29, 1.82) is 0 Å². The average Bonchev–Trinajstić information content (AvgIpc) is 2.63. The normalized spacial score (nSPS) is 13.8. The summed E-state index contributed by atoms with van der Waals surface area (Å²) < 4.78 is 35.2. The molecule has 0 aliphatic heterocycles. The van der Waals surface area contributed by atoms with Crippen molar-refractivity contribution in [1.82, 2.24) is 0 Å². The largest absolute Gasteiger partial charge is 0.685 e. The van der Waals surface area contributed by atoms with Gasteiger partial charge in [0.1, 0.15) is 11.5 Å². The molecule has 0 spiro atoms. The molecule has 0 bridgehead atoms. The van der Waals surface area contributed by atoms with Gasteiger partial charge in [-0.1, -0.05) is 36.4 Å². The van der Waals surface area contributed by atoms with Crippen molar-refractivity contribution < 1.29 is 27.2 Å². The minimum absolute atomic E-state index is 0.377. The topological polar surface area (TPSA) is 55.4 Å². The van der Waals surface area contributed by atoms with Crippen LogP contribution in [0.3, 0.4) is 0 Å². The Balaban J connectivity index is 2.05. The summed E-state index contributed by atoms with van der Waals surface area (Å²) >= 11 is 0. The number of ether oxygens (including phenoxy) is 2. The molecule has 2 atom stereocenters. The van der Waals surface area contributed by atoms with Gasteiger partial charge in [0.2, 0.25) is 0 Å². The van der Waals surface area contributed by atoms with Crippen LogP contribution in [-0.2, 0) is 17.7 Å². The van der Waals surface area contributed by atoms with Crippen molar-refractivity contribution in [2.75, 3.05) is 13.2 Å². The van der Waals surface area contributed by atoms with Gasteiger partial charge in [-0.05, 0) is 52.0 Å². The van der Waals surface area contributed by atoms with Crippen LogP contribution in [0.25, 0.3) is 0 Å². The van der Waals surface area contributed by atoms with Gasteiger partial charge >= 0.3 is 9.05 Å². The van der Waals surface area contributed by atoms with Crippen molar-refractivity contribution >= 4 is 9.05 Å². The predicted octanol–water partition coefficient (Wildman–Crippen LogP) is 4.38. The maximum absolute atomic E-state index is 6.00. The lowest BCUT2D eigenvalue weighted by molar-refractivity contribution is -0.139. The van der Waals surface area contributed by atoms with E-state index in [1.54, 1.807) is 13.8 Å². The van der Waals surface area contributed by atoms with Gasteiger partial charge in [-0.15, -0.1) is 0 Å². The Morgan fingerprint density at radius 1 is 0.667 bits per heavy atom. The van der Waals surface area contributed by atoms with Crippen LogP contribution in [0.15, 0.2) is 60.7 Å². The molecule has 0 saturated heterocycles. The van der Waals surface area contributed by atoms with Crippen LogP contribution in [0.2, 0.25) is 0 Å². The SMILES string of the molecule is CCO[Si](OCC)(OC(C)Oc1ccccc1)OC(C)Oc1ccccc1. The highest BCUT2D eigenvalue weighted by Crippen LogP contribution is 2.21. The van der Waals surface area contributed by atoms with Crippen molar-refractivity contribution in [3.63, 3.8) is 0 Å². The van der Waals surface area contributed by atoms with Crippen molar-refractivity contribution in [2.45, 2.75) is 40.3 Å². The first-order chi connectivity index (χ1) is 13.1. The van der Waals surface area contributed by atoms with Gasteiger partial charge in [0.25, 0.3) is 0 Å². The highest BCUT2D eigenvalue weighted by molar-refractivity contribution is 6.53. The summed E-state index contributed by atoms with van der Waals surface area (Å²) in [5, 5.41) is 0. The molecule has 0 saturated carbocycles. The molecule has 0 radical (unpaired) electrons. The molecule has 27 heavy (non-hydrogen) atoms. The van der Waals surface area contributed by atoms with E-state index < -0.39 is 21.6 Å². The summed E-state index contributed by atoms with van der Waals surface area (Å²) in [5.41, 5.74) is 0. The van der Waals surface area contributed by atoms with E-state index in [2.05, 4.69) is 0 Å². The van der Waals surface area contributed by atoms with E-state index in [0.717, 1.165) is 0 Å². The molecule has 2 aromatic rings. The van der Waals surface area contributed by atoms with Crippen molar-refractivity contribution in [2.24, 2.45) is 0 Å². The zero-order valence-corrected chi connectivity index (χ0v) is 17.3. The quantitative estimate of drug-likeness (QED) is 0.395. The molecule has 148 valence electrons. The van der Waals surface area contributed by atoms with Crippen molar-refractivity contribution in [3.8, 4) is 11.5 Å². The van der Waals surface area contributed by atoms with Gasteiger partial charge in [-0.25, -0.2) is 0 Å². The summed E-state index contributed by atoms with van der Waals surface area (Å²) in [5.74, 6) is 1.38. The number of hydrogen-bond donors (Lipinski definition) is 0. The highest BCUT2D eigenvalue weighted by atomic mass is 28.4. The van der Waals surface area contributed by atoms with E-state index in [-0.39, 0.29) is 0 Å². The molecule has 0 aliphatic rings. The Bertz CT molecular complexity index is 582. The molecule has 2 unspecified atom stereocenters. The first kappa shape index (κ1) is 21.4. The summed E-state index contributed by atoms with van der Waals surface area (Å²) in [4.78, 5) is 0. The monoisotopic (exact) mass is 392 g/mol. The summed E-state index contributed by atoms with van der Waals surface area (Å²) in [7, 11) is -3.48. The van der Waals surface area contributed by atoms with E-state index in [0.29, 0.717) is 24.7 Å². The fourth-order valence-corrected chi connectivity index (χ4v) is 4.42. The number of para-hydroxylation sites is 2. The number of hydrogen-bond acceptors (Lipinski definition) is 6. The lowest BCUT2D eigenvalue weighted by Gasteiger charge is -2.32. The van der Waals surface area contributed by atoms with Crippen LogP contribution in [0, 0.1) is 0 Å². The molecular formula is C20H28O6Si. The maximum Gasteiger partial charge on any atom is 0.685 e. The Morgan fingerprint density at radius 2 is 1.04 bits per heavy atom. The first-order valence-corrected chi connectivity index (χ1v) is 10.8. The molecule has 7 heteroatoms. The first-order valence-electron chi connectivity index (χ1n) is 9.14. The van der Waals surface area contributed by atoms with Crippen LogP contribution in [-0.4, -0.2) is 34.8 Å². The minimum Gasteiger partial charge on any atom is -0.466 e. The van der Waals surface area contributed by atoms with Gasteiger partial charge in [-0.3, -0.25) is 0 Å². The van der Waals surface area contributed by atoms with Crippen LogP contribution in [0.1, 0.15) is 27.7 Å². The lowest BCUT2D eigenvalue weighted by atomic mass is 10.3. The van der Waals surface area contributed by atoms with Crippen LogP contribution >= 0.6 is 0 Å². The second-order valence-electron chi connectivity index (χ2n) is 5.60. The van der Waals surface area contributed by atoms with E-state index in [4.69, 9.17) is 27.2 Å². The standard InChI is InChI=1S/C20H28O6Si/c1-5-21-27(22-6-2,25-17(3)23-19-13-9-7-10-14-19)26-18(4)24-20-15-11-8-12-16-20/h7-18H,5-6H2,1-4H3. The fourth-order valence-electron chi connectivity index (χ4n) is 2.40. The molecular weight excluding hydrogens is 364 g/mol. The Morgan fingerprint density at radius 3 is 1.37 bits per heavy atom. The van der Waals surface area contributed by atoms with Crippen LogP contribution in [0.4, 0.5) is 0 Å². The minimum atomic E-state index is -3.48. The van der Waals surface area contributed by atoms with E-state index in [1.807, 2.05) is 74.5 Å². The van der Waals surface area contributed by atoms with Gasteiger partial charge < -0.3 is 27.2 Å². The van der Waals surface area contributed by atoms with Crippen molar-refractivity contribution in [3.05, 3.63) is 60.7 Å². The Kier molecular flexibility index (Phi) is 8.76. The average molecular weight is 393 g/mol. The Hall–Kier alpha value is -1.90. The molecule has 0 N–H and O–H groups in total. The number of rotatable bonds is 12. The molecule has 0 fully saturated rings. The molecule has 0 heterocycles. The third-order valence-corrected chi connectivity index (χ3v) is 5.88. The lowest BCUT2D eigenvalue weighted by Crippen LogP contribution is -2.54. The van der Waals surface area contributed by atoms with E-state index >= 15 is 0 Å². The van der Waals surface area contributed by atoms with E-state index in [9.17, 15) is 0 Å². The Labute approximate surface area is 162 Å². The van der Waals surface area contributed by atoms with E-state index in [1.165, 1.54) is 0 Å². The van der Waals surface area contributed by atoms with Gasteiger partial charge in [-0.2, -0.15) is 0 Å². The molecule has 0 aromatic heterocycles. The molecule has 2 rings (SSSR count). The predicted molar refractivity (Wildman–Crippen MR) is 104 cm³/mol. The summed E-state index contributed by atoms with van der Waals surface area (Å²) in [6, 6.07) is 18.8. The van der Waals surface area contributed by atoms with Crippen LogP contribution in [0.5, 0.6) is 11.5 Å². The smallest absolute Gasteiger partial charge is 0.466 e. The second kappa shape index (κ2) is 11.1. The third-order valence-electron chi connectivity index (χ3n) is 3.35.